The van der Waals surface area contributed by atoms with E-state index in [9.17, 15) is 0 Å². The molecule has 0 amide bonds. The molecule has 0 aromatic carbocycles. The van der Waals surface area contributed by atoms with Gasteiger partial charge >= 0.3 is 0 Å². The van der Waals surface area contributed by atoms with E-state index in [1.165, 1.54) is 77.4 Å². The van der Waals surface area contributed by atoms with Crippen LogP contribution in [0.2, 0.25) is 0 Å². The first-order valence-electron chi connectivity index (χ1n) is 9.02. The van der Waals surface area contributed by atoms with E-state index in [2.05, 4.69) is 31.1 Å². The molecule has 0 unspecified atom stereocenters. The normalized spacial score (nSPS) is 23.9. The summed E-state index contributed by atoms with van der Waals surface area (Å²) in [5.41, 5.74) is 0.563. The maximum Gasteiger partial charge on any atom is 0.00472 e. The molecule has 118 valence electrons. The largest absolute Gasteiger partial charge is 0.314 e. The number of nitrogens with one attached hydrogen (secondary N) is 1. The van der Waals surface area contributed by atoms with Gasteiger partial charge in [-0.25, -0.2) is 0 Å². The fourth-order valence-electron chi connectivity index (χ4n) is 4.38. The monoisotopic (exact) mass is 280 g/mol. The Morgan fingerprint density at radius 1 is 1.05 bits per heavy atom. The number of hydrogen-bond acceptors (Lipinski definition) is 2. The molecule has 0 bridgehead atoms. The second-order valence-corrected chi connectivity index (χ2v) is 7.94. The molecule has 2 heteroatoms. The zero-order valence-electron chi connectivity index (χ0n) is 14.1. The average Bonchev–Trinajstić information content (AvgIpc) is 2.86. The molecule has 0 aromatic heterocycles. The third-order valence-electron chi connectivity index (χ3n) is 5.45. The van der Waals surface area contributed by atoms with Crippen LogP contribution in [-0.4, -0.2) is 37.6 Å². The zero-order valence-corrected chi connectivity index (χ0v) is 14.1. The maximum absolute atomic E-state index is 3.71. The molecule has 0 heterocycles. The minimum absolute atomic E-state index is 0.563. The van der Waals surface area contributed by atoms with E-state index in [-0.39, 0.29) is 0 Å². The van der Waals surface area contributed by atoms with Gasteiger partial charge in [0.2, 0.25) is 0 Å². The highest BCUT2D eigenvalue weighted by molar-refractivity contribution is 4.89. The van der Waals surface area contributed by atoms with E-state index in [0.717, 1.165) is 5.92 Å². The van der Waals surface area contributed by atoms with E-state index in [1.807, 2.05) is 0 Å². The van der Waals surface area contributed by atoms with Gasteiger partial charge in [0.05, 0.1) is 0 Å². The first kappa shape index (κ1) is 16.3. The molecule has 0 spiro atoms. The van der Waals surface area contributed by atoms with Crippen molar-refractivity contribution in [3.63, 3.8) is 0 Å². The Bertz CT molecular complexity index is 263. The average molecular weight is 280 g/mol. The van der Waals surface area contributed by atoms with Crippen molar-refractivity contribution in [2.45, 2.75) is 77.7 Å². The Morgan fingerprint density at radius 2 is 1.70 bits per heavy atom. The van der Waals surface area contributed by atoms with E-state index in [4.69, 9.17) is 0 Å². The second kappa shape index (κ2) is 7.79. The van der Waals surface area contributed by atoms with Crippen LogP contribution in [0.25, 0.3) is 0 Å². The second-order valence-electron chi connectivity index (χ2n) is 7.94. The highest BCUT2D eigenvalue weighted by Crippen LogP contribution is 2.38. The molecular weight excluding hydrogens is 244 g/mol. The topological polar surface area (TPSA) is 15.3 Å². The molecule has 2 saturated carbocycles. The fraction of sp³-hybridized carbons (Fsp3) is 1.00. The van der Waals surface area contributed by atoms with Gasteiger partial charge in [-0.15, -0.1) is 0 Å². The summed E-state index contributed by atoms with van der Waals surface area (Å²) in [4.78, 5) is 2.66. The van der Waals surface area contributed by atoms with E-state index in [0.29, 0.717) is 11.5 Å². The van der Waals surface area contributed by atoms with Crippen LogP contribution in [0.5, 0.6) is 0 Å². The third-order valence-corrected chi connectivity index (χ3v) is 5.45. The van der Waals surface area contributed by atoms with Crippen molar-refractivity contribution < 1.29 is 0 Å². The molecule has 0 atom stereocenters. The lowest BCUT2D eigenvalue weighted by Crippen LogP contribution is -2.44. The molecule has 0 aliphatic heterocycles. The predicted octanol–water partition coefficient (Wildman–Crippen LogP) is 4.06. The van der Waals surface area contributed by atoms with E-state index >= 15 is 0 Å². The summed E-state index contributed by atoms with van der Waals surface area (Å²) in [5.74, 6) is 0.977. The van der Waals surface area contributed by atoms with Crippen LogP contribution in [0.1, 0.15) is 71.6 Å². The number of hydrogen-bond donors (Lipinski definition) is 1. The first-order valence-corrected chi connectivity index (χ1v) is 9.02. The Balaban J connectivity index is 1.80. The molecule has 20 heavy (non-hydrogen) atoms. The van der Waals surface area contributed by atoms with Crippen molar-refractivity contribution in [1.29, 1.82) is 0 Å². The van der Waals surface area contributed by atoms with Crippen molar-refractivity contribution in [3.8, 4) is 0 Å². The first-order chi connectivity index (χ1) is 9.60. The summed E-state index contributed by atoms with van der Waals surface area (Å²) in [6.45, 7) is 8.41. The van der Waals surface area contributed by atoms with Crippen molar-refractivity contribution >= 4 is 0 Å². The van der Waals surface area contributed by atoms with Crippen LogP contribution in [0.4, 0.5) is 0 Å². The summed E-state index contributed by atoms with van der Waals surface area (Å²) in [6.07, 6.45) is 13.1. The Kier molecular flexibility index (Phi) is 6.35. The fourth-order valence-corrected chi connectivity index (χ4v) is 4.38. The molecule has 2 aliphatic rings. The third kappa shape index (κ3) is 5.04. The van der Waals surface area contributed by atoms with Crippen LogP contribution in [-0.2, 0) is 0 Å². The van der Waals surface area contributed by atoms with Crippen molar-refractivity contribution in [2.24, 2.45) is 11.3 Å². The lowest BCUT2D eigenvalue weighted by molar-refractivity contribution is 0.143. The van der Waals surface area contributed by atoms with Crippen LogP contribution in [0, 0.1) is 11.3 Å². The van der Waals surface area contributed by atoms with E-state index in [1.54, 1.807) is 0 Å². The number of rotatable bonds is 7. The van der Waals surface area contributed by atoms with E-state index < -0.39 is 0 Å². The molecule has 0 saturated heterocycles. The van der Waals surface area contributed by atoms with Crippen LogP contribution in [0.3, 0.4) is 0 Å². The van der Waals surface area contributed by atoms with Gasteiger partial charge in [-0.2, -0.15) is 0 Å². The molecule has 2 nitrogen and oxygen atoms in total. The molecule has 2 fully saturated rings. The predicted molar refractivity (Wildman–Crippen MR) is 88.1 cm³/mol. The lowest BCUT2D eigenvalue weighted by Gasteiger charge is -2.36. The molecule has 2 aliphatic carbocycles. The van der Waals surface area contributed by atoms with Crippen molar-refractivity contribution in [3.05, 3.63) is 0 Å². The van der Waals surface area contributed by atoms with Gasteiger partial charge in [0, 0.05) is 25.7 Å². The van der Waals surface area contributed by atoms with Crippen LogP contribution < -0.4 is 5.32 Å². The van der Waals surface area contributed by atoms with Crippen LogP contribution in [0.15, 0.2) is 0 Å². The van der Waals surface area contributed by atoms with Gasteiger partial charge in [-0.1, -0.05) is 46.0 Å². The maximum atomic E-state index is 3.71. The lowest BCUT2D eigenvalue weighted by atomic mass is 9.84. The van der Waals surface area contributed by atoms with Gasteiger partial charge in [-0.3, -0.25) is 0 Å². The summed E-state index contributed by atoms with van der Waals surface area (Å²) < 4.78 is 0. The molecule has 1 N–H and O–H groups in total. The highest BCUT2D eigenvalue weighted by Gasteiger charge is 2.35. The van der Waals surface area contributed by atoms with Gasteiger partial charge in [-0.05, 0) is 44.1 Å². The molecule has 0 radical (unpaired) electrons. The van der Waals surface area contributed by atoms with Crippen molar-refractivity contribution in [2.75, 3.05) is 26.7 Å². The molecular formula is C18H36N2. The van der Waals surface area contributed by atoms with Crippen molar-refractivity contribution in [1.82, 2.24) is 10.2 Å². The Hall–Kier alpha value is -0.0800. The minimum Gasteiger partial charge on any atom is -0.314 e. The van der Waals surface area contributed by atoms with Gasteiger partial charge in [0.1, 0.15) is 0 Å². The minimum atomic E-state index is 0.563. The summed E-state index contributed by atoms with van der Waals surface area (Å²) in [5, 5.41) is 3.71. The van der Waals surface area contributed by atoms with Gasteiger partial charge < -0.3 is 10.2 Å². The summed E-state index contributed by atoms with van der Waals surface area (Å²) in [6, 6.07) is 0.621. The number of nitrogens with zero attached hydrogens (tertiary/aromatic N) is 1. The smallest absolute Gasteiger partial charge is 0.00472 e. The summed E-state index contributed by atoms with van der Waals surface area (Å²) >= 11 is 0. The van der Waals surface area contributed by atoms with Gasteiger partial charge in [0.25, 0.3) is 0 Å². The Morgan fingerprint density at radius 3 is 2.30 bits per heavy atom. The molecule has 2 rings (SSSR count). The summed E-state index contributed by atoms with van der Waals surface area (Å²) in [7, 11) is 2.37. The van der Waals surface area contributed by atoms with Crippen LogP contribution >= 0.6 is 0 Å². The highest BCUT2D eigenvalue weighted by atomic mass is 15.1. The quantitative estimate of drug-likeness (QED) is 0.756. The zero-order chi connectivity index (χ0) is 14.4. The van der Waals surface area contributed by atoms with Gasteiger partial charge in [0.15, 0.2) is 0 Å². The Labute approximate surface area is 126 Å². The SMILES string of the molecule is CC(C)NCC1(CN(C)CC2CCCCC2)CCCC1. The molecule has 0 aromatic rings. The standard InChI is InChI=1S/C18H36N2/c1-16(2)19-14-18(11-7-8-12-18)15-20(3)13-17-9-5-4-6-10-17/h16-17,19H,4-15H2,1-3H3.